The van der Waals surface area contributed by atoms with Gasteiger partial charge in [0.25, 0.3) is 0 Å². The summed E-state index contributed by atoms with van der Waals surface area (Å²) in [5, 5.41) is 10.6. The minimum absolute atomic E-state index is 0.0557. The van der Waals surface area contributed by atoms with Crippen LogP contribution in [0.1, 0.15) is 43.4 Å². The highest BCUT2D eigenvalue weighted by Gasteiger charge is 2.70. The molecular formula is C21H22F2O2. The molecule has 3 saturated carbocycles. The number of halogens is 2. The van der Waals surface area contributed by atoms with E-state index in [4.69, 9.17) is 4.74 Å². The number of methoxy groups -OCH3 is 1. The monoisotopic (exact) mass is 344 g/mol. The predicted molar refractivity (Wildman–Crippen MR) is 91.4 cm³/mol. The SMILES string of the molecule is COc1ccc(C23CC(C(C)C(O)c4ccc(F)cc4F)(C2)C3)cc1. The van der Waals surface area contributed by atoms with Gasteiger partial charge < -0.3 is 9.84 Å². The fourth-order valence-corrected chi connectivity index (χ4v) is 4.95. The van der Waals surface area contributed by atoms with Crippen LogP contribution in [0.15, 0.2) is 42.5 Å². The number of aliphatic hydroxyl groups excluding tert-OH is 1. The van der Waals surface area contributed by atoms with Crippen molar-refractivity contribution in [3.05, 3.63) is 65.2 Å². The maximum absolute atomic E-state index is 14.0. The van der Waals surface area contributed by atoms with Gasteiger partial charge in [0.15, 0.2) is 0 Å². The van der Waals surface area contributed by atoms with E-state index in [2.05, 4.69) is 12.1 Å². The summed E-state index contributed by atoms with van der Waals surface area (Å²) in [5.41, 5.74) is 1.75. The van der Waals surface area contributed by atoms with Gasteiger partial charge in [-0.05, 0) is 59.8 Å². The standard InChI is InChI=1S/C21H22F2O2/c1-13(19(24)17-8-5-15(22)9-18(17)23)20-10-21(11-20,12-20)14-3-6-16(25-2)7-4-14/h3-9,13,19,24H,10-12H2,1-2H3. The Labute approximate surface area is 146 Å². The van der Waals surface area contributed by atoms with Crippen molar-refractivity contribution in [2.24, 2.45) is 11.3 Å². The summed E-state index contributed by atoms with van der Waals surface area (Å²) in [6.45, 7) is 1.98. The number of ether oxygens (including phenoxy) is 1. The smallest absolute Gasteiger partial charge is 0.131 e. The van der Waals surface area contributed by atoms with Crippen molar-refractivity contribution >= 4 is 0 Å². The van der Waals surface area contributed by atoms with Gasteiger partial charge in [0.1, 0.15) is 17.4 Å². The van der Waals surface area contributed by atoms with Gasteiger partial charge in [-0.25, -0.2) is 8.78 Å². The number of rotatable bonds is 5. The van der Waals surface area contributed by atoms with Crippen LogP contribution in [0.5, 0.6) is 5.75 Å². The first-order valence-electron chi connectivity index (χ1n) is 8.67. The lowest BCUT2D eigenvalue weighted by Crippen LogP contribution is -2.67. The molecule has 2 nitrogen and oxygen atoms in total. The molecule has 25 heavy (non-hydrogen) atoms. The molecule has 2 atom stereocenters. The Morgan fingerprint density at radius 1 is 1.04 bits per heavy atom. The van der Waals surface area contributed by atoms with E-state index in [0.717, 1.165) is 31.1 Å². The van der Waals surface area contributed by atoms with E-state index in [0.29, 0.717) is 0 Å². The molecular weight excluding hydrogens is 322 g/mol. The Hall–Kier alpha value is -1.94. The molecule has 2 aromatic carbocycles. The van der Waals surface area contributed by atoms with Gasteiger partial charge >= 0.3 is 0 Å². The average Bonchev–Trinajstić information content (AvgIpc) is 2.52. The van der Waals surface area contributed by atoms with Crippen LogP contribution in [-0.2, 0) is 5.41 Å². The molecule has 4 heteroatoms. The second kappa shape index (κ2) is 5.53. The molecule has 0 saturated heterocycles. The van der Waals surface area contributed by atoms with Crippen LogP contribution in [0.2, 0.25) is 0 Å². The number of aliphatic hydroxyl groups is 1. The molecule has 3 fully saturated rings. The molecule has 0 heterocycles. The van der Waals surface area contributed by atoms with Crippen LogP contribution < -0.4 is 4.74 Å². The van der Waals surface area contributed by atoms with Crippen molar-refractivity contribution in [2.45, 2.75) is 37.7 Å². The van der Waals surface area contributed by atoms with Crippen LogP contribution in [0.25, 0.3) is 0 Å². The summed E-state index contributed by atoms with van der Waals surface area (Å²) in [4.78, 5) is 0. The highest BCUT2D eigenvalue weighted by Crippen LogP contribution is 2.77. The third-order valence-corrected chi connectivity index (χ3v) is 6.49. The van der Waals surface area contributed by atoms with E-state index >= 15 is 0 Å². The van der Waals surface area contributed by atoms with E-state index in [9.17, 15) is 13.9 Å². The predicted octanol–water partition coefficient (Wildman–Crippen LogP) is 4.76. The van der Waals surface area contributed by atoms with E-state index in [1.807, 2.05) is 19.1 Å². The molecule has 0 aromatic heterocycles. The highest BCUT2D eigenvalue weighted by atomic mass is 19.1. The minimum Gasteiger partial charge on any atom is -0.497 e. The van der Waals surface area contributed by atoms with Gasteiger partial charge in [-0.2, -0.15) is 0 Å². The zero-order valence-corrected chi connectivity index (χ0v) is 14.4. The van der Waals surface area contributed by atoms with Gasteiger partial charge in [0.2, 0.25) is 0 Å². The van der Waals surface area contributed by atoms with Gasteiger partial charge in [-0.1, -0.05) is 25.1 Å². The Kier molecular flexibility index (Phi) is 3.66. The van der Waals surface area contributed by atoms with Crippen LogP contribution in [0.4, 0.5) is 8.78 Å². The van der Waals surface area contributed by atoms with Crippen molar-refractivity contribution in [1.29, 1.82) is 0 Å². The third-order valence-electron chi connectivity index (χ3n) is 6.49. The summed E-state index contributed by atoms with van der Waals surface area (Å²) in [5.74, 6) is -0.505. The van der Waals surface area contributed by atoms with Crippen molar-refractivity contribution in [3.63, 3.8) is 0 Å². The summed E-state index contributed by atoms with van der Waals surface area (Å²) in [7, 11) is 1.66. The van der Waals surface area contributed by atoms with Gasteiger partial charge in [-0.15, -0.1) is 0 Å². The minimum atomic E-state index is -0.908. The van der Waals surface area contributed by atoms with Crippen LogP contribution in [-0.4, -0.2) is 12.2 Å². The van der Waals surface area contributed by atoms with Gasteiger partial charge in [0.05, 0.1) is 13.2 Å². The van der Waals surface area contributed by atoms with Crippen molar-refractivity contribution in [3.8, 4) is 5.75 Å². The zero-order valence-electron chi connectivity index (χ0n) is 14.4. The lowest BCUT2D eigenvalue weighted by molar-refractivity contribution is -0.200. The quantitative estimate of drug-likeness (QED) is 0.847. The fraction of sp³-hybridized carbons (Fsp3) is 0.429. The molecule has 2 unspecified atom stereocenters. The first kappa shape index (κ1) is 16.5. The lowest BCUT2D eigenvalue weighted by Gasteiger charge is -2.74. The molecule has 0 spiro atoms. The third kappa shape index (κ3) is 2.38. The maximum Gasteiger partial charge on any atom is 0.131 e. The Bertz CT molecular complexity index is 780. The molecule has 132 valence electrons. The van der Waals surface area contributed by atoms with Crippen molar-refractivity contribution in [2.75, 3.05) is 7.11 Å². The van der Waals surface area contributed by atoms with Gasteiger partial charge in [0, 0.05) is 11.6 Å². The molecule has 3 aliphatic rings. The largest absolute Gasteiger partial charge is 0.497 e. The molecule has 0 amide bonds. The Morgan fingerprint density at radius 3 is 2.24 bits per heavy atom. The second-order valence-corrected chi connectivity index (χ2v) is 7.80. The number of benzene rings is 2. The van der Waals surface area contributed by atoms with Crippen molar-refractivity contribution < 1.29 is 18.6 Å². The molecule has 1 N–H and O–H groups in total. The van der Waals surface area contributed by atoms with E-state index < -0.39 is 17.7 Å². The molecule has 5 rings (SSSR count). The molecule has 2 bridgehead atoms. The number of hydrogen-bond acceptors (Lipinski definition) is 2. The zero-order chi connectivity index (χ0) is 17.8. The summed E-state index contributed by atoms with van der Waals surface area (Å²) in [6, 6.07) is 11.6. The van der Waals surface area contributed by atoms with Crippen LogP contribution >= 0.6 is 0 Å². The summed E-state index contributed by atoms with van der Waals surface area (Å²) < 4.78 is 32.3. The molecule has 0 radical (unpaired) electrons. The number of hydrogen-bond donors (Lipinski definition) is 1. The fourth-order valence-electron chi connectivity index (χ4n) is 4.95. The van der Waals surface area contributed by atoms with E-state index in [1.165, 1.54) is 17.7 Å². The molecule has 2 aromatic rings. The second-order valence-electron chi connectivity index (χ2n) is 7.80. The van der Waals surface area contributed by atoms with Crippen molar-refractivity contribution in [1.82, 2.24) is 0 Å². The lowest BCUT2D eigenvalue weighted by atomic mass is 9.30. The molecule has 0 aliphatic heterocycles. The highest BCUT2D eigenvalue weighted by molar-refractivity contribution is 5.42. The van der Waals surface area contributed by atoms with Crippen LogP contribution in [0.3, 0.4) is 0 Å². The average molecular weight is 344 g/mol. The van der Waals surface area contributed by atoms with E-state index in [-0.39, 0.29) is 22.3 Å². The normalized spacial score (nSPS) is 29.3. The van der Waals surface area contributed by atoms with E-state index in [1.54, 1.807) is 7.11 Å². The maximum atomic E-state index is 14.0. The van der Waals surface area contributed by atoms with Gasteiger partial charge in [-0.3, -0.25) is 0 Å². The topological polar surface area (TPSA) is 29.5 Å². The first-order chi connectivity index (χ1) is 11.9. The Morgan fingerprint density at radius 2 is 1.68 bits per heavy atom. The molecule has 3 aliphatic carbocycles. The first-order valence-corrected chi connectivity index (χ1v) is 8.67. The Balaban J connectivity index is 1.48. The summed E-state index contributed by atoms with van der Waals surface area (Å²) in [6.07, 6.45) is 2.11. The van der Waals surface area contributed by atoms with Crippen LogP contribution in [0, 0.1) is 23.0 Å². The summed E-state index contributed by atoms with van der Waals surface area (Å²) >= 11 is 0.